The Hall–Kier alpha value is -4.69. The second-order valence-corrected chi connectivity index (χ2v) is 10.8. The van der Waals surface area contributed by atoms with Crippen LogP contribution in [0.15, 0.2) is 61.1 Å². The number of aldehydes is 1. The predicted molar refractivity (Wildman–Crippen MR) is 162 cm³/mol. The van der Waals surface area contributed by atoms with Crippen LogP contribution in [0.4, 0.5) is 13.6 Å². The number of alkyl carbamates (subject to hydrolysis) is 1. The minimum Gasteiger partial charge on any atom is -0.447 e. The number of hydrogen-bond acceptors (Lipinski definition) is 8. The molecular weight excluding hydrogens is 596 g/mol. The Kier molecular flexibility index (Phi) is 10.4. The van der Waals surface area contributed by atoms with Crippen molar-refractivity contribution in [2.45, 2.75) is 37.5 Å². The zero-order chi connectivity index (χ0) is 32.0. The van der Waals surface area contributed by atoms with Crippen LogP contribution in [0.3, 0.4) is 0 Å². The molecule has 234 valence electrons. The molecule has 7 N–H and O–H groups in total. The van der Waals surface area contributed by atoms with Gasteiger partial charge in [0.15, 0.2) is 5.96 Å². The Morgan fingerprint density at radius 1 is 1.20 bits per heavy atom. The maximum absolute atomic E-state index is 12.9. The van der Waals surface area contributed by atoms with Crippen LogP contribution in [-0.2, 0) is 9.53 Å². The first-order chi connectivity index (χ1) is 21.0. The summed E-state index contributed by atoms with van der Waals surface area (Å²) in [4.78, 5) is 26.0. The minimum atomic E-state index is -2.75. The highest BCUT2D eigenvalue weighted by atomic mass is 35.5. The van der Waals surface area contributed by atoms with Crippen LogP contribution in [0.1, 0.15) is 48.2 Å². The van der Waals surface area contributed by atoms with Gasteiger partial charge in [-0.05, 0) is 41.7 Å². The first kappa shape index (κ1) is 32.2. The molecule has 2 aromatic carbocycles. The van der Waals surface area contributed by atoms with E-state index in [1.807, 2.05) is 0 Å². The van der Waals surface area contributed by atoms with Gasteiger partial charge in [0.2, 0.25) is 0 Å². The van der Waals surface area contributed by atoms with E-state index in [2.05, 4.69) is 15.7 Å². The average Bonchev–Trinajstić information content (AvgIpc) is 3.65. The van der Waals surface area contributed by atoms with Crippen molar-refractivity contribution in [2.24, 2.45) is 11.6 Å². The van der Waals surface area contributed by atoms with Crippen LogP contribution < -0.4 is 22.2 Å². The number of alkyl halides is 2. The molecule has 1 heterocycles. The van der Waals surface area contributed by atoms with E-state index < -0.39 is 24.7 Å². The minimum absolute atomic E-state index is 0.0965. The largest absolute Gasteiger partial charge is 0.447 e. The number of halogens is 3. The number of ether oxygens (including phenoxy) is 1. The molecule has 12 nitrogen and oxygen atoms in total. The molecule has 1 saturated carbocycles. The van der Waals surface area contributed by atoms with Crippen LogP contribution in [0.5, 0.6) is 0 Å². The van der Waals surface area contributed by atoms with Crippen molar-refractivity contribution in [3.8, 4) is 11.1 Å². The Morgan fingerprint density at radius 3 is 2.48 bits per heavy atom. The molecule has 1 amide bonds. The van der Waals surface area contributed by atoms with E-state index in [1.54, 1.807) is 56.6 Å². The Bertz CT molecular complexity index is 1510. The summed E-state index contributed by atoms with van der Waals surface area (Å²) in [6, 6.07) is 10.3. The molecule has 0 radical (unpaired) electrons. The van der Waals surface area contributed by atoms with Gasteiger partial charge in [-0.3, -0.25) is 5.41 Å². The molecule has 1 aliphatic carbocycles. The number of nitrogens with zero attached hydrogens (tertiary/aromatic N) is 4. The van der Waals surface area contributed by atoms with Crippen molar-refractivity contribution in [1.82, 2.24) is 30.3 Å². The van der Waals surface area contributed by atoms with E-state index in [4.69, 9.17) is 33.3 Å². The molecule has 1 fully saturated rings. The van der Waals surface area contributed by atoms with Crippen molar-refractivity contribution in [2.75, 3.05) is 20.7 Å². The molecule has 15 heteroatoms. The van der Waals surface area contributed by atoms with Crippen molar-refractivity contribution in [3.63, 3.8) is 0 Å². The van der Waals surface area contributed by atoms with E-state index in [0.717, 1.165) is 12.8 Å². The first-order valence-electron chi connectivity index (χ1n) is 13.6. The van der Waals surface area contributed by atoms with E-state index in [9.17, 15) is 18.4 Å². The van der Waals surface area contributed by atoms with Gasteiger partial charge in [0, 0.05) is 48.7 Å². The number of rotatable bonds is 12. The Labute approximate surface area is 258 Å². The number of hydrazine groups is 1. The molecule has 2 atom stereocenters. The molecule has 0 saturated heterocycles. The highest BCUT2D eigenvalue weighted by molar-refractivity contribution is 6.32. The molecule has 1 aromatic heterocycles. The molecule has 0 aliphatic heterocycles. The fraction of sp³-hybridized carbons (Fsp3) is 0.310. The van der Waals surface area contributed by atoms with Gasteiger partial charge in [-0.15, -0.1) is 0 Å². The number of carbonyl (C=O) groups excluding carboxylic acids is 2. The number of hydrogen-bond donors (Lipinski definition) is 5. The molecule has 1 aliphatic rings. The second-order valence-electron chi connectivity index (χ2n) is 10.3. The molecular formula is C29H34ClF2N9O3. The lowest BCUT2D eigenvalue weighted by molar-refractivity contribution is -0.109. The smallest absolute Gasteiger partial charge is 0.407 e. The SMILES string of the molecule is CN(N)/C=C(\N)c1cc(C(COC(=O)NC2CC2)N(C)C(=N)NC(C=O)c2ccc(-c3cnn(C(F)F)c3)cc2)ccc1Cl. The number of nitrogens with two attached hydrogens (primary N) is 2. The van der Waals surface area contributed by atoms with Crippen LogP contribution >= 0.6 is 11.6 Å². The lowest BCUT2D eigenvalue weighted by Gasteiger charge is -2.32. The average molecular weight is 630 g/mol. The molecule has 4 rings (SSSR count). The lowest BCUT2D eigenvalue weighted by Crippen LogP contribution is -2.44. The first-order valence-corrected chi connectivity index (χ1v) is 14.0. The number of benzene rings is 2. The summed E-state index contributed by atoms with van der Waals surface area (Å²) >= 11 is 6.41. The summed E-state index contributed by atoms with van der Waals surface area (Å²) < 4.78 is 31.9. The number of carbonyl (C=O) groups is 2. The zero-order valence-electron chi connectivity index (χ0n) is 24.1. The van der Waals surface area contributed by atoms with E-state index in [-0.39, 0.29) is 18.6 Å². The van der Waals surface area contributed by atoms with Gasteiger partial charge in [-0.1, -0.05) is 41.9 Å². The predicted octanol–water partition coefficient (Wildman–Crippen LogP) is 3.99. The zero-order valence-corrected chi connectivity index (χ0v) is 24.8. The van der Waals surface area contributed by atoms with Crippen molar-refractivity contribution >= 4 is 35.6 Å². The summed E-state index contributed by atoms with van der Waals surface area (Å²) in [6.07, 6.45) is 5.91. The van der Waals surface area contributed by atoms with Gasteiger partial charge in [-0.25, -0.2) is 15.3 Å². The second kappa shape index (κ2) is 14.2. The van der Waals surface area contributed by atoms with Gasteiger partial charge in [0.1, 0.15) is 18.9 Å². The van der Waals surface area contributed by atoms with Crippen LogP contribution in [0.2, 0.25) is 5.02 Å². The van der Waals surface area contributed by atoms with E-state index in [0.29, 0.717) is 49.5 Å². The van der Waals surface area contributed by atoms with Gasteiger partial charge in [0.05, 0.1) is 17.9 Å². The quantitative estimate of drug-likeness (QED) is 0.0654. The maximum Gasteiger partial charge on any atom is 0.407 e. The number of aromatic nitrogens is 2. The van der Waals surface area contributed by atoms with Gasteiger partial charge in [0.25, 0.3) is 0 Å². The number of nitrogens with one attached hydrogen (secondary N) is 3. The standard InChI is InChI=1S/C29H34ClF2N9O3/c1-39(35)14-24(33)22-11-19(7-10-23(22)30)26(16-44-29(43)37-21-8-9-21)40(2)28(34)38-25(15-42)18-5-3-17(4-6-18)20-12-36-41(13-20)27(31)32/h3-7,10-15,21,25-27H,8-9,16,33,35H2,1-2H3,(H2,34,38)(H,37,43)/b24-14-. The Balaban J connectivity index is 1.54. The van der Waals surface area contributed by atoms with Gasteiger partial charge < -0.3 is 35.8 Å². The topological polar surface area (TPSA) is 168 Å². The van der Waals surface area contributed by atoms with Crippen LogP contribution in [-0.4, -0.2) is 64.8 Å². The fourth-order valence-electron chi connectivity index (χ4n) is 4.36. The van der Waals surface area contributed by atoms with E-state index >= 15 is 0 Å². The molecule has 0 spiro atoms. The molecule has 3 aromatic rings. The Morgan fingerprint density at radius 2 is 1.89 bits per heavy atom. The summed E-state index contributed by atoms with van der Waals surface area (Å²) in [5, 5.41) is 19.8. The normalized spacial score (nSPS) is 14.5. The molecule has 2 unspecified atom stereocenters. The van der Waals surface area contributed by atoms with Crippen molar-refractivity contribution in [1.29, 1.82) is 5.41 Å². The summed E-state index contributed by atoms with van der Waals surface area (Å²) in [5.41, 5.74) is 9.29. The number of amides is 1. The highest BCUT2D eigenvalue weighted by Crippen LogP contribution is 2.29. The third kappa shape index (κ3) is 8.23. The summed E-state index contributed by atoms with van der Waals surface area (Å²) in [7, 11) is 3.23. The lowest BCUT2D eigenvalue weighted by atomic mass is 10.0. The van der Waals surface area contributed by atoms with Gasteiger partial charge in [-0.2, -0.15) is 13.9 Å². The summed E-state index contributed by atoms with van der Waals surface area (Å²) in [6.45, 7) is -2.88. The van der Waals surface area contributed by atoms with Crippen molar-refractivity contribution < 1.29 is 23.1 Å². The molecule has 0 bridgehead atoms. The van der Waals surface area contributed by atoms with Crippen molar-refractivity contribution in [3.05, 3.63) is 82.8 Å². The number of guanidine groups is 1. The van der Waals surface area contributed by atoms with Gasteiger partial charge >= 0.3 is 12.6 Å². The third-order valence-electron chi connectivity index (χ3n) is 6.95. The van der Waals surface area contributed by atoms with Crippen LogP contribution in [0.25, 0.3) is 16.8 Å². The molecule has 44 heavy (non-hydrogen) atoms. The maximum atomic E-state index is 12.9. The van der Waals surface area contributed by atoms with E-state index in [1.165, 1.54) is 28.5 Å². The fourth-order valence-corrected chi connectivity index (χ4v) is 4.59. The monoisotopic (exact) mass is 629 g/mol. The summed E-state index contributed by atoms with van der Waals surface area (Å²) in [5.74, 6) is 5.58. The van der Waals surface area contributed by atoms with Crippen LogP contribution in [0, 0.1) is 5.41 Å². The number of likely N-dealkylation sites (N-methyl/N-ethyl adjacent to an activating group) is 1. The third-order valence-corrected chi connectivity index (χ3v) is 7.28. The highest BCUT2D eigenvalue weighted by Gasteiger charge is 2.27.